The minimum atomic E-state index is 0.0422. The summed E-state index contributed by atoms with van der Waals surface area (Å²) in [5.74, 6) is 0.0422. The Morgan fingerprint density at radius 1 is 0.636 bits per heavy atom. The second-order valence-electron chi connectivity index (χ2n) is 9.39. The molecule has 0 heterocycles. The van der Waals surface area contributed by atoms with E-state index in [9.17, 15) is 4.79 Å². The molecule has 4 aromatic rings. The van der Waals surface area contributed by atoms with Crippen LogP contribution in [0.3, 0.4) is 0 Å². The largest absolute Gasteiger partial charge is 0.311 e. The molecule has 0 aliphatic heterocycles. The molecule has 0 atom stereocenters. The van der Waals surface area contributed by atoms with Crippen LogP contribution >= 0.6 is 0 Å². The average Bonchev–Trinajstić information content (AvgIpc) is 2.85. The van der Waals surface area contributed by atoms with E-state index in [1.165, 1.54) is 11.1 Å². The van der Waals surface area contributed by atoms with Gasteiger partial charge in [-0.2, -0.15) is 0 Å². The lowest BCUT2D eigenvalue weighted by Crippen LogP contribution is -2.12. The molecule has 0 radical (unpaired) electrons. The smallest absolute Gasteiger partial charge is 0.193 e. The highest BCUT2D eigenvalue weighted by molar-refractivity contribution is 6.09. The lowest BCUT2D eigenvalue weighted by Gasteiger charge is -2.25. The van der Waals surface area contributed by atoms with Crippen LogP contribution in [-0.2, 0) is 11.8 Å². The van der Waals surface area contributed by atoms with E-state index in [1.54, 1.807) is 0 Å². The summed E-state index contributed by atoms with van der Waals surface area (Å²) in [7, 11) is 0. The minimum absolute atomic E-state index is 0.0422. The normalized spacial score (nSPS) is 11.3. The molecule has 0 aliphatic rings. The van der Waals surface area contributed by atoms with Gasteiger partial charge in [0.15, 0.2) is 5.78 Å². The Bertz CT molecular complexity index is 1200. The van der Waals surface area contributed by atoms with E-state index in [4.69, 9.17) is 0 Å². The Morgan fingerprint density at radius 2 is 1.09 bits per heavy atom. The number of hydrogen-bond donors (Lipinski definition) is 0. The highest BCUT2D eigenvalue weighted by Crippen LogP contribution is 2.34. The van der Waals surface area contributed by atoms with Crippen LogP contribution in [0.25, 0.3) is 0 Å². The Balaban J connectivity index is 1.64. The summed E-state index contributed by atoms with van der Waals surface area (Å²) in [5.41, 5.74) is 7.20. The van der Waals surface area contributed by atoms with Crippen LogP contribution in [0.1, 0.15) is 54.7 Å². The topological polar surface area (TPSA) is 20.3 Å². The number of nitrogens with zero attached hydrogens (tertiary/aromatic N) is 1. The molecule has 0 saturated carbocycles. The van der Waals surface area contributed by atoms with Gasteiger partial charge in [-0.15, -0.1) is 0 Å². The van der Waals surface area contributed by atoms with Crippen molar-refractivity contribution in [3.8, 4) is 0 Å². The van der Waals surface area contributed by atoms with E-state index in [1.807, 2.05) is 54.6 Å². The molecule has 0 saturated heterocycles. The summed E-state index contributed by atoms with van der Waals surface area (Å²) >= 11 is 0. The maximum Gasteiger partial charge on any atom is 0.193 e. The van der Waals surface area contributed by atoms with Crippen LogP contribution in [-0.4, -0.2) is 5.78 Å². The summed E-state index contributed by atoms with van der Waals surface area (Å²) in [6, 6.07) is 34.8. The SMILES string of the molecule is CCc1ccc(N(c2ccccc2)c2ccc(C(=O)c3ccc(C(C)(C)C)cc3)cc2)cc1. The maximum atomic E-state index is 13.1. The predicted octanol–water partition coefficient (Wildman–Crippen LogP) is 8.25. The molecule has 0 aliphatic carbocycles. The molecule has 166 valence electrons. The molecule has 0 amide bonds. The first-order valence-electron chi connectivity index (χ1n) is 11.6. The summed E-state index contributed by atoms with van der Waals surface area (Å²) in [4.78, 5) is 15.3. The van der Waals surface area contributed by atoms with Gasteiger partial charge in [-0.05, 0) is 71.5 Å². The van der Waals surface area contributed by atoms with Crippen molar-refractivity contribution in [2.24, 2.45) is 0 Å². The van der Waals surface area contributed by atoms with Crippen molar-refractivity contribution in [3.63, 3.8) is 0 Å². The third-order valence-electron chi connectivity index (χ3n) is 6.02. The lowest BCUT2D eigenvalue weighted by molar-refractivity contribution is 0.103. The predicted molar refractivity (Wildman–Crippen MR) is 139 cm³/mol. The minimum Gasteiger partial charge on any atom is -0.311 e. The summed E-state index contributed by atoms with van der Waals surface area (Å²) in [6.07, 6.45) is 1.01. The third kappa shape index (κ3) is 5.06. The van der Waals surface area contributed by atoms with Gasteiger partial charge in [0, 0.05) is 28.2 Å². The van der Waals surface area contributed by atoms with Crippen molar-refractivity contribution >= 4 is 22.8 Å². The second kappa shape index (κ2) is 9.46. The molecule has 0 fully saturated rings. The summed E-state index contributed by atoms with van der Waals surface area (Å²) < 4.78 is 0. The molecule has 4 rings (SSSR count). The number of hydrogen-bond acceptors (Lipinski definition) is 2. The third-order valence-corrected chi connectivity index (χ3v) is 6.02. The standard InChI is InChI=1S/C31H31NO/c1-5-23-11-19-28(20-12-23)32(27-9-7-6-8-10-27)29-21-15-25(16-22-29)30(33)24-13-17-26(18-14-24)31(2,3)4/h6-22H,5H2,1-4H3. The zero-order valence-electron chi connectivity index (χ0n) is 19.9. The molecule has 0 unspecified atom stereocenters. The van der Waals surface area contributed by atoms with Gasteiger partial charge in [0.2, 0.25) is 0 Å². The van der Waals surface area contributed by atoms with Gasteiger partial charge in [0.25, 0.3) is 0 Å². The number of para-hydroxylation sites is 1. The molecule has 0 bridgehead atoms. The van der Waals surface area contributed by atoms with E-state index in [-0.39, 0.29) is 11.2 Å². The molecule has 0 spiro atoms. The molecule has 2 nitrogen and oxygen atoms in total. The number of anilines is 3. The first-order chi connectivity index (χ1) is 15.9. The van der Waals surface area contributed by atoms with Gasteiger partial charge in [-0.1, -0.05) is 82.3 Å². The van der Waals surface area contributed by atoms with Gasteiger partial charge in [0.05, 0.1) is 0 Å². The van der Waals surface area contributed by atoms with Gasteiger partial charge in [-0.25, -0.2) is 0 Å². The van der Waals surface area contributed by atoms with Crippen LogP contribution in [0.2, 0.25) is 0 Å². The van der Waals surface area contributed by atoms with Crippen LogP contribution in [0.5, 0.6) is 0 Å². The van der Waals surface area contributed by atoms with E-state index < -0.39 is 0 Å². The number of carbonyl (C=O) groups is 1. The zero-order valence-corrected chi connectivity index (χ0v) is 19.9. The number of ketones is 1. The van der Waals surface area contributed by atoms with E-state index >= 15 is 0 Å². The van der Waals surface area contributed by atoms with Crippen LogP contribution in [0, 0.1) is 0 Å². The first kappa shape index (κ1) is 22.5. The van der Waals surface area contributed by atoms with Crippen LogP contribution in [0.4, 0.5) is 17.1 Å². The van der Waals surface area contributed by atoms with E-state index in [0.717, 1.165) is 23.5 Å². The second-order valence-corrected chi connectivity index (χ2v) is 9.39. The number of benzene rings is 4. The molecule has 2 heteroatoms. The van der Waals surface area contributed by atoms with Gasteiger partial charge >= 0.3 is 0 Å². The summed E-state index contributed by atoms with van der Waals surface area (Å²) in [6.45, 7) is 8.70. The van der Waals surface area contributed by atoms with Gasteiger partial charge < -0.3 is 4.90 Å². The molecule has 33 heavy (non-hydrogen) atoms. The average molecular weight is 434 g/mol. The van der Waals surface area contributed by atoms with Crippen LogP contribution < -0.4 is 4.90 Å². The van der Waals surface area contributed by atoms with Gasteiger partial charge in [0.1, 0.15) is 0 Å². The van der Waals surface area contributed by atoms with Crippen LogP contribution in [0.15, 0.2) is 103 Å². The Hall–Kier alpha value is -3.65. The van der Waals surface area contributed by atoms with E-state index in [2.05, 4.69) is 81.1 Å². The highest BCUT2D eigenvalue weighted by atomic mass is 16.1. The quantitative estimate of drug-likeness (QED) is 0.285. The summed E-state index contributed by atoms with van der Waals surface area (Å²) in [5, 5.41) is 0. The highest BCUT2D eigenvalue weighted by Gasteiger charge is 2.16. The molecular weight excluding hydrogens is 402 g/mol. The number of aryl methyl sites for hydroxylation is 1. The van der Waals surface area contributed by atoms with Gasteiger partial charge in [-0.3, -0.25) is 4.79 Å². The van der Waals surface area contributed by atoms with Crippen molar-refractivity contribution in [1.29, 1.82) is 0 Å². The molecule has 0 N–H and O–H groups in total. The first-order valence-corrected chi connectivity index (χ1v) is 11.6. The van der Waals surface area contributed by atoms with Crippen molar-refractivity contribution in [2.75, 3.05) is 4.90 Å². The Morgan fingerprint density at radius 3 is 1.58 bits per heavy atom. The number of carbonyl (C=O) groups excluding carboxylic acids is 1. The van der Waals surface area contributed by atoms with Crippen molar-refractivity contribution < 1.29 is 4.79 Å². The maximum absolute atomic E-state index is 13.1. The lowest BCUT2D eigenvalue weighted by atomic mass is 9.86. The van der Waals surface area contributed by atoms with Crippen molar-refractivity contribution in [2.45, 2.75) is 39.5 Å². The zero-order chi connectivity index (χ0) is 23.4. The Kier molecular flexibility index (Phi) is 6.46. The van der Waals surface area contributed by atoms with Crippen molar-refractivity contribution in [1.82, 2.24) is 0 Å². The fourth-order valence-corrected chi connectivity index (χ4v) is 3.96. The molecule has 0 aromatic heterocycles. The van der Waals surface area contributed by atoms with E-state index in [0.29, 0.717) is 11.1 Å². The van der Waals surface area contributed by atoms with Crippen molar-refractivity contribution in [3.05, 3.63) is 125 Å². The molecular formula is C31H31NO. The number of rotatable bonds is 6. The fourth-order valence-electron chi connectivity index (χ4n) is 3.96. The monoisotopic (exact) mass is 433 g/mol. The molecule has 4 aromatic carbocycles. The fraction of sp³-hybridized carbons (Fsp3) is 0.194. The Labute approximate surface area is 197 Å².